The Labute approximate surface area is 104 Å². The Hall–Kier alpha value is -1.87. The van der Waals surface area contributed by atoms with E-state index in [1.165, 1.54) is 0 Å². The summed E-state index contributed by atoms with van der Waals surface area (Å²) in [4.78, 5) is 14.8. The van der Waals surface area contributed by atoms with Crippen LogP contribution in [0.3, 0.4) is 0 Å². The van der Waals surface area contributed by atoms with Crippen molar-refractivity contribution in [2.75, 3.05) is 0 Å². The lowest BCUT2D eigenvalue weighted by atomic mass is 10.2. The molecule has 4 heteroatoms. The highest BCUT2D eigenvalue weighted by Crippen LogP contribution is 2.14. The highest BCUT2D eigenvalue weighted by Gasteiger charge is 2.08. The molecule has 2 N–H and O–H groups in total. The molecule has 0 fully saturated rings. The van der Waals surface area contributed by atoms with Gasteiger partial charge in [-0.2, -0.15) is 0 Å². The number of rotatable bonds is 3. The molecule has 0 unspecified atom stereocenters. The van der Waals surface area contributed by atoms with E-state index in [2.05, 4.69) is 10.3 Å². The largest absolute Gasteiger partial charge is 0.348 e. The molecule has 1 amide bonds. The quantitative estimate of drug-likeness (QED) is 0.887. The summed E-state index contributed by atoms with van der Waals surface area (Å²) in [5.74, 6) is -0.167. The number of H-pyrrole nitrogens is 1. The van der Waals surface area contributed by atoms with Crippen LogP contribution in [0.25, 0.3) is 0 Å². The maximum atomic E-state index is 11.8. The highest BCUT2D eigenvalue weighted by atomic mass is 35.5. The summed E-state index contributed by atoms with van der Waals surface area (Å²) in [6, 6.07) is 10.8. The van der Waals surface area contributed by atoms with E-state index in [4.69, 9.17) is 11.6 Å². The van der Waals surface area contributed by atoms with Gasteiger partial charge in [-0.1, -0.05) is 23.7 Å². The zero-order chi connectivity index (χ0) is 12.1. The second kappa shape index (κ2) is 5.46. The first-order chi connectivity index (χ1) is 8.27. The minimum atomic E-state index is -0.167. The molecule has 1 aromatic carbocycles. The Morgan fingerprint density at radius 2 is 2.06 bits per heavy atom. The van der Waals surface area contributed by atoms with Crippen molar-refractivity contribution in [2.45, 2.75) is 6.54 Å². The molecule has 0 atom stereocenters. The molecule has 0 aliphatic heterocycles. The number of hydrogen-bond donors (Lipinski definition) is 1. The summed E-state index contributed by atoms with van der Waals surface area (Å²) in [5.41, 5.74) is 1.50. The van der Waals surface area contributed by atoms with E-state index in [9.17, 15) is 4.79 Å². The van der Waals surface area contributed by atoms with Gasteiger partial charge >= 0.3 is 0 Å². The summed E-state index contributed by atoms with van der Waals surface area (Å²) in [7, 11) is 0. The van der Waals surface area contributed by atoms with Crippen molar-refractivity contribution in [3.63, 3.8) is 0 Å². The minimum Gasteiger partial charge on any atom is -0.348 e. The Morgan fingerprint density at radius 1 is 1.24 bits per heavy atom. The maximum absolute atomic E-state index is 11.8. The molecule has 17 heavy (non-hydrogen) atoms. The topological polar surface area (TPSA) is 43.2 Å². The van der Waals surface area contributed by atoms with Crippen LogP contribution in [0.5, 0.6) is 0 Å². The summed E-state index contributed by atoms with van der Waals surface area (Å²) < 4.78 is 0. The fourth-order valence-corrected chi connectivity index (χ4v) is 1.68. The number of halogens is 1. The van der Waals surface area contributed by atoms with Gasteiger partial charge in [-0.15, -0.1) is 0 Å². The molecule has 3 nitrogen and oxygen atoms in total. The number of aromatic amines is 1. The number of pyridine rings is 1. The monoisotopic (exact) mass is 247 g/mol. The first-order valence-corrected chi connectivity index (χ1v) is 5.63. The third kappa shape index (κ3) is 3.04. The predicted octanol–water partition coefficient (Wildman–Crippen LogP) is 2.08. The van der Waals surface area contributed by atoms with Crippen molar-refractivity contribution in [3.8, 4) is 0 Å². The van der Waals surface area contributed by atoms with Crippen LogP contribution in [0, 0.1) is 0 Å². The normalized spacial score (nSPS) is 9.94. The molecular weight excluding hydrogens is 236 g/mol. The highest BCUT2D eigenvalue weighted by molar-refractivity contribution is 6.33. The lowest BCUT2D eigenvalue weighted by Crippen LogP contribution is -2.23. The Kier molecular flexibility index (Phi) is 3.73. The Bertz CT molecular complexity index is 514. The van der Waals surface area contributed by atoms with E-state index in [1.54, 1.807) is 24.3 Å². The number of benzene rings is 1. The number of aromatic nitrogens is 1. The van der Waals surface area contributed by atoms with Crippen molar-refractivity contribution < 1.29 is 9.78 Å². The molecule has 0 aliphatic carbocycles. The van der Waals surface area contributed by atoms with E-state index >= 15 is 0 Å². The van der Waals surface area contributed by atoms with Crippen molar-refractivity contribution in [2.24, 2.45) is 0 Å². The zero-order valence-electron chi connectivity index (χ0n) is 9.11. The summed E-state index contributed by atoms with van der Waals surface area (Å²) in [6.45, 7) is 0.474. The fourth-order valence-electron chi connectivity index (χ4n) is 1.46. The molecule has 0 saturated carbocycles. The van der Waals surface area contributed by atoms with Gasteiger partial charge in [-0.3, -0.25) is 4.79 Å². The molecule has 86 valence electrons. The summed E-state index contributed by atoms with van der Waals surface area (Å²) in [6.07, 6.45) is 3.66. The average molecular weight is 248 g/mol. The first-order valence-electron chi connectivity index (χ1n) is 5.25. The van der Waals surface area contributed by atoms with E-state index in [0.717, 1.165) is 5.56 Å². The third-order valence-corrected chi connectivity index (χ3v) is 2.67. The maximum Gasteiger partial charge on any atom is 0.253 e. The van der Waals surface area contributed by atoms with Gasteiger partial charge in [0.05, 0.1) is 10.6 Å². The standard InChI is InChI=1S/C13H11ClN2O/c14-12-6-2-1-5-11(12)13(17)16-9-10-4-3-7-15-8-10/h1-8H,9H2,(H,16,17)/p+1. The van der Waals surface area contributed by atoms with Gasteiger partial charge < -0.3 is 5.32 Å². The number of carbonyl (C=O) groups excluding carboxylic acids is 1. The van der Waals surface area contributed by atoms with Crippen LogP contribution < -0.4 is 10.3 Å². The predicted molar refractivity (Wildman–Crippen MR) is 65.6 cm³/mol. The SMILES string of the molecule is O=C(NCc1ccc[nH+]c1)c1ccccc1Cl. The number of nitrogens with one attached hydrogen (secondary N) is 2. The smallest absolute Gasteiger partial charge is 0.253 e. The molecule has 0 bridgehead atoms. The van der Waals surface area contributed by atoms with Crippen molar-refractivity contribution >= 4 is 17.5 Å². The van der Waals surface area contributed by atoms with Gasteiger partial charge in [0.25, 0.3) is 5.91 Å². The zero-order valence-corrected chi connectivity index (χ0v) is 9.87. The van der Waals surface area contributed by atoms with E-state index in [1.807, 2.05) is 24.5 Å². The minimum absolute atomic E-state index is 0.167. The first kappa shape index (κ1) is 11.6. The lowest BCUT2D eigenvalue weighted by molar-refractivity contribution is -0.378. The molecule has 1 aromatic heterocycles. The van der Waals surface area contributed by atoms with Crippen LogP contribution in [-0.2, 0) is 6.54 Å². The van der Waals surface area contributed by atoms with Crippen LogP contribution in [0.2, 0.25) is 5.02 Å². The summed E-state index contributed by atoms with van der Waals surface area (Å²) >= 11 is 5.93. The number of amides is 1. The van der Waals surface area contributed by atoms with Gasteiger partial charge in [0, 0.05) is 18.2 Å². The fraction of sp³-hybridized carbons (Fsp3) is 0.0769. The third-order valence-electron chi connectivity index (χ3n) is 2.34. The van der Waals surface area contributed by atoms with Gasteiger partial charge in [-0.25, -0.2) is 4.98 Å². The van der Waals surface area contributed by atoms with E-state index in [-0.39, 0.29) is 5.91 Å². The van der Waals surface area contributed by atoms with E-state index in [0.29, 0.717) is 17.1 Å². The van der Waals surface area contributed by atoms with Crippen LogP contribution in [0.15, 0.2) is 48.8 Å². The van der Waals surface area contributed by atoms with Crippen LogP contribution in [0.4, 0.5) is 0 Å². The number of carbonyl (C=O) groups is 1. The van der Waals surface area contributed by atoms with Crippen LogP contribution >= 0.6 is 11.6 Å². The number of hydrogen-bond acceptors (Lipinski definition) is 1. The van der Waals surface area contributed by atoms with Crippen LogP contribution in [-0.4, -0.2) is 5.91 Å². The molecule has 1 heterocycles. The van der Waals surface area contributed by atoms with Crippen LogP contribution in [0.1, 0.15) is 15.9 Å². The van der Waals surface area contributed by atoms with Gasteiger partial charge in [0.15, 0.2) is 12.4 Å². The lowest BCUT2D eigenvalue weighted by Gasteiger charge is -2.05. The average Bonchev–Trinajstić information content (AvgIpc) is 2.38. The van der Waals surface area contributed by atoms with Crippen molar-refractivity contribution in [1.29, 1.82) is 0 Å². The van der Waals surface area contributed by atoms with E-state index < -0.39 is 0 Å². The Morgan fingerprint density at radius 3 is 2.76 bits per heavy atom. The van der Waals surface area contributed by atoms with Gasteiger partial charge in [0.1, 0.15) is 0 Å². The molecular formula is C13H12ClN2O+. The molecule has 0 saturated heterocycles. The summed E-state index contributed by atoms with van der Waals surface area (Å²) in [5, 5.41) is 3.28. The molecule has 0 spiro atoms. The van der Waals surface area contributed by atoms with Gasteiger partial charge in [0.2, 0.25) is 0 Å². The second-order valence-corrected chi connectivity index (χ2v) is 3.98. The molecule has 2 aromatic rings. The van der Waals surface area contributed by atoms with Crippen molar-refractivity contribution in [3.05, 3.63) is 64.9 Å². The Balaban J connectivity index is 2.01. The molecule has 0 radical (unpaired) electrons. The van der Waals surface area contributed by atoms with Gasteiger partial charge in [-0.05, 0) is 18.2 Å². The van der Waals surface area contributed by atoms with Crippen molar-refractivity contribution in [1.82, 2.24) is 5.32 Å². The molecule has 2 rings (SSSR count). The molecule has 0 aliphatic rings. The second-order valence-electron chi connectivity index (χ2n) is 3.57.